The molecule has 0 aliphatic carbocycles. The number of aliphatic hydroxyl groups is 3. The molecule has 0 saturated carbocycles. The van der Waals surface area contributed by atoms with Gasteiger partial charge in [-0.25, -0.2) is 8.78 Å². The molecule has 5 heteroatoms. The van der Waals surface area contributed by atoms with E-state index in [0.29, 0.717) is 49.7 Å². The Morgan fingerprint density at radius 2 is 0.923 bits per heavy atom. The van der Waals surface area contributed by atoms with Crippen molar-refractivity contribution in [2.45, 2.75) is 56.8 Å². The smallest absolute Gasteiger partial charge is 0.123 e. The number of hydrogen-bond donors (Lipinski definition) is 3. The predicted molar refractivity (Wildman–Crippen MR) is 96.4 cm³/mol. The molecule has 0 heterocycles. The normalized spacial score (nSPS) is 13.8. The molecule has 0 saturated heterocycles. The van der Waals surface area contributed by atoms with Crippen LogP contribution in [-0.2, 0) is 0 Å². The lowest BCUT2D eigenvalue weighted by Crippen LogP contribution is -2.08. The largest absolute Gasteiger partial charge is 0.393 e. The van der Waals surface area contributed by atoms with E-state index in [9.17, 15) is 24.1 Å². The highest BCUT2D eigenvalue weighted by Crippen LogP contribution is 2.23. The molecule has 0 radical (unpaired) electrons. The van der Waals surface area contributed by atoms with Gasteiger partial charge in [-0.15, -0.1) is 0 Å². The quantitative estimate of drug-likeness (QED) is 0.584. The zero-order valence-corrected chi connectivity index (χ0v) is 14.7. The minimum Gasteiger partial charge on any atom is -0.393 e. The van der Waals surface area contributed by atoms with Crippen molar-refractivity contribution in [3.05, 3.63) is 71.3 Å². The molecular weight excluding hydrogens is 338 g/mol. The Kier molecular flexibility index (Phi) is 8.16. The summed E-state index contributed by atoms with van der Waals surface area (Å²) in [7, 11) is 0. The fourth-order valence-electron chi connectivity index (χ4n) is 2.94. The highest BCUT2D eigenvalue weighted by molar-refractivity contribution is 5.19. The summed E-state index contributed by atoms with van der Waals surface area (Å²) < 4.78 is 25.7. The highest BCUT2D eigenvalue weighted by Gasteiger charge is 2.12. The molecule has 2 rings (SSSR count). The lowest BCUT2D eigenvalue weighted by Gasteiger charge is -2.15. The van der Waals surface area contributed by atoms with E-state index < -0.39 is 18.3 Å². The van der Waals surface area contributed by atoms with E-state index in [-0.39, 0.29) is 11.6 Å². The average Bonchev–Trinajstić information content (AvgIpc) is 2.62. The van der Waals surface area contributed by atoms with Crippen LogP contribution in [0.3, 0.4) is 0 Å². The molecule has 26 heavy (non-hydrogen) atoms. The standard InChI is InChI=1S/C21H26F2O3/c22-17-11-7-15(8-12-17)20(25)5-1-3-19(24)4-2-6-21(26)16-9-13-18(23)14-10-16/h7-14,19-21,24-26H,1-6H2/t20-,21-/m0/s1. The molecule has 3 N–H and O–H groups in total. The van der Waals surface area contributed by atoms with Crippen molar-refractivity contribution in [1.29, 1.82) is 0 Å². The number of halogens is 2. The van der Waals surface area contributed by atoms with E-state index in [1.54, 1.807) is 24.3 Å². The van der Waals surface area contributed by atoms with Gasteiger partial charge in [-0.1, -0.05) is 24.3 Å². The second-order valence-electron chi connectivity index (χ2n) is 6.65. The first-order valence-corrected chi connectivity index (χ1v) is 9.01. The molecule has 0 spiro atoms. The minimum absolute atomic E-state index is 0.334. The van der Waals surface area contributed by atoms with E-state index in [1.165, 1.54) is 24.3 Å². The summed E-state index contributed by atoms with van der Waals surface area (Å²) in [4.78, 5) is 0. The SMILES string of the molecule is OC(CCC[C@H](O)c1ccc(F)cc1)CCC[C@H](O)c1ccc(F)cc1. The van der Waals surface area contributed by atoms with Crippen LogP contribution in [0.5, 0.6) is 0 Å². The summed E-state index contributed by atoms with van der Waals surface area (Å²) in [6.07, 6.45) is 1.61. The minimum atomic E-state index is -0.664. The summed E-state index contributed by atoms with van der Waals surface area (Å²) in [5.41, 5.74) is 1.34. The first-order chi connectivity index (χ1) is 12.5. The molecule has 2 aromatic carbocycles. The van der Waals surface area contributed by atoms with E-state index in [2.05, 4.69) is 0 Å². The van der Waals surface area contributed by atoms with Crippen molar-refractivity contribution in [3.63, 3.8) is 0 Å². The van der Waals surface area contributed by atoms with E-state index in [0.717, 1.165) is 0 Å². The molecule has 0 aliphatic heterocycles. The fourth-order valence-corrected chi connectivity index (χ4v) is 2.94. The molecule has 0 fully saturated rings. The summed E-state index contributed by atoms with van der Waals surface area (Å²) in [6.45, 7) is 0. The topological polar surface area (TPSA) is 60.7 Å². The molecular formula is C21H26F2O3. The van der Waals surface area contributed by atoms with Crippen molar-refractivity contribution in [3.8, 4) is 0 Å². The van der Waals surface area contributed by atoms with Gasteiger partial charge in [-0.2, -0.15) is 0 Å². The van der Waals surface area contributed by atoms with Gasteiger partial charge in [0.25, 0.3) is 0 Å². The Hall–Kier alpha value is -1.82. The second-order valence-corrected chi connectivity index (χ2v) is 6.65. The van der Waals surface area contributed by atoms with Gasteiger partial charge in [0.05, 0.1) is 18.3 Å². The van der Waals surface area contributed by atoms with Crippen molar-refractivity contribution >= 4 is 0 Å². The van der Waals surface area contributed by atoms with Gasteiger partial charge in [-0.05, 0) is 73.9 Å². The van der Waals surface area contributed by atoms with E-state index in [1.807, 2.05) is 0 Å². The average molecular weight is 364 g/mol. The number of aliphatic hydroxyl groups excluding tert-OH is 3. The van der Waals surface area contributed by atoms with E-state index in [4.69, 9.17) is 0 Å². The number of benzene rings is 2. The first kappa shape index (κ1) is 20.5. The van der Waals surface area contributed by atoms with Crippen molar-refractivity contribution in [2.24, 2.45) is 0 Å². The maximum atomic E-state index is 12.9. The molecule has 0 bridgehead atoms. The highest BCUT2D eigenvalue weighted by atomic mass is 19.1. The Morgan fingerprint density at radius 3 is 1.27 bits per heavy atom. The molecule has 2 atom stereocenters. The van der Waals surface area contributed by atoms with Crippen molar-refractivity contribution in [2.75, 3.05) is 0 Å². The van der Waals surface area contributed by atoms with Gasteiger partial charge < -0.3 is 15.3 Å². The molecule has 0 unspecified atom stereocenters. The lowest BCUT2D eigenvalue weighted by molar-refractivity contribution is 0.117. The van der Waals surface area contributed by atoms with Crippen LogP contribution in [-0.4, -0.2) is 21.4 Å². The monoisotopic (exact) mass is 364 g/mol. The summed E-state index contributed by atoms with van der Waals surface area (Å²) in [5, 5.41) is 30.1. The van der Waals surface area contributed by atoms with Crippen LogP contribution in [0.1, 0.15) is 61.9 Å². The van der Waals surface area contributed by atoms with Crippen LogP contribution in [0.15, 0.2) is 48.5 Å². The lowest BCUT2D eigenvalue weighted by atomic mass is 9.98. The van der Waals surface area contributed by atoms with Crippen LogP contribution in [0.4, 0.5) is 8.78 Å². The van der Waals surface area contributed by atoms with Gasteiger partial charge in [0.15, 0.2) is 0 Å². The van der Waals surface area contributed by atoms with Crippen LogP contribution >= 0.6 is 0 Å². The summed E-state index contributed by atoms with van der Waals surface area (Å²) in [5.74, 6) is -0.668. The number of hydrogen-bond acceptors (Lipinski definition) is 3. The third-order valence-electron chi connectivity index (χ3n) is 4.54. The Balaban J connectivity index is 1.62. The molecule has 142 valence electrons. The Labute approximate surface area is 152 Å². The van der Waals surface area contributed by atoms with Crippen molar-refractivity contribution < 1.29 is 24.1 Å². The Bertz CT molecular complexity index is 586. The second kappa shape index (κ2) is 10.4. The maximum absolute atomic E-state index is 12.9. The molecule has 0 aliphatic rings. The van der Waals surface area contributed by atoms with Gasteiger partial charge in [-0.3, -0.25) is 0 Å². The van der Waals surface area contributed by atoms with Gasteiger partial charge in [0.2, 0.25) is 0 Å². The molecule has 0 amide bonds. The predicted octanol–water partition coefficient (Wildman–Crippen LogP) is 4.43. The fraction of sp³-hybridized carbons (Fsp3) is 0.429. The van der Waals surface area contributed by atoms with Crippen LogP contribution in [0.2, 0.25) is 0 Å². The van der Waals surface area contributed by atoms with Gasteiger partial charge in [0, 0.05) is 0 Å². The first-order valence-electron chi connectivity index (χ1n) is 9.01. The Morgan fingerprint density at radius 1 is 0.577 bits per heavy atom. The van der Waals surface area contributed by atoms with Gasteiger partial charge >= 0.3 is 0 Å². The maximum Gasteiger partial charge on any atom is 0.123 e. The molecule has 2 aromatic rings. The molecule has 0 aromatic heterocycles. The third kappa shape index (κ3) is 6.83. The molecule has 3 nitrogen and oxygen atoms in total. The van der Waals surface area contributed by atoms with Crippen molar-refractivity contribution in [1.82, 2.24) is 0 Å². The zero-order valence-electron chi connectivity index (χ0n) is 14.7. The third-order valence-corrected chi connectivity index (χ3v) is 4.54. The van der Waals surface area contributed by atoms with Crippen LogP contribution < -0.4 is 0 Å². The summed E-state index contributed by atoms with van der Waals surface area (Å²) >= 11 is 0. The van der Waals surface area contributed by atoms with E-state index >= 15 is 0 Å². The summed E-state index contributed by atoms with van der Waals surface area (Å²) in [6, 6.07) is 11.5. The van der Waals surface area contributed by atoms with Gasteiger partial charge in [0.1, 0.15) is 11.6 Å². The zero-order chi connectivity index (χ0) is 18.9. The van der Waals surface area contributed by atoms with Crippen LogP contribution in [0, 0.1) is 11.6 Å². The van der Waals surface area contributed by atoms with Crippen LogP contribution in [0.25, 0.3) is 0 Å². The number of rotatable bonds is 10.